The summed E-state index contributed by atoms with van der Waals surface area (Å²) in [5.74, 6) is 0.201. The van der Waals surface area contributed by atoms with Gasteiger partial charge in [-0.15, -0.1) is 0 Å². The van der Waals surface area contributed by atoms with Crippen molar-refractivity contribution in [1.82, 2.24) is 10.2 Å². The highest BCUT2D eigenvalue weighted by atomic mass is 16.1. The van der Waals surface area contributed by atoms with E-state index in [-0.39, 0.29) is 11.4 Å². The van der Waals surface area contributed by atoms with Crippen molar-refractivity contribution in [3.05, 3.63) is 0 Å². The van der Waals surface area contributed by atoms with E-state index in [0.717, 1.165) is 13.1 Å². The van der Waals surface area contributed by atoms with Gasteiger partial charge < -0.3 is 5.32 Å². The molecule has 92 valence electrons. The van der Waals surface area contributed by atoms with Crippen LogP contribution >= 0.6 is 0 Å². The van der Waals surface area contributed by atoms with Crippen LogP contribution in [0.25, 0.3) is 0 Å². The maximum atomic E-state index is 11.5. The van der Waals surface area contributed by atoms with E-state index < -0.39 is 0 Å². The second kappa shape index (κ2) is 3.73. The highest BCUT2D eigenvalue weighted by Crippen LogP contribution is 2.53. The van der Waals surface area contributed by atoms with Crippen LogP contribution in [0.1, 0.15) is 47.0 Å². The third kappa shape index (κ3) is 2.10. The van der Waals surface area contributed by atoms with Crippen LogP contribution in [0, 0.1) is 5.41 Å². The van der Waals surface area contributed by atoms with Gasteiger partial charge in [-0.05, 0) is 33.6 Å². The first-order valence-electron chi connectivity index (χ1n) is 6.42. The van der Waals surface area contributed by atoms with Gasteiger partial charge in [0.05, 0.1) is 0 Å². The number of nitrogens with one attached hydrogen (secondary N) is 1. The molecule has 2 fully saturated rings. The Bertz CT molecular complexity index is 289. The fourth-order valence-electron chi connectivity index (χ4n) is 2.64. The van der Waals surface area contributed by atoms with E-state index in [9.17, 15) is 4.79 Å². The zero-order chi connectivity index (χ0) is 12.0. The summed E-state index contributed by atoms with van der Waals surface area (Å²) in [7, 11) is 0. The molecule has 0 radical (unpaired) electrons. The molecule has 1 unspecified atom stereocenters. The van der Waals surface area contributed by atoms with Gasteiger partial charge in [-0.25, -0.2) is 0 Å². The number of rotatable bonds is 2. The second-order valence-corrected chi connectivity index (χ2v) is 6.39. The summed E-state index contributed by atoms with van der Waals surface area (Å²) in [5, 5.41) is 3.20. The Hall–Kier alpha value is -0.570. The van der Waals surface area contributed by atoms with Crippen LogP contribution < -0.4 is 5.32 Å². The number of likely N-dealkylation sites (tertiary alicyclic amines) is 1. The summed E-state index contributed by atoms with van der Waals surface area (Å²) in [4.78, 5) is 14.0. The molecule has 1 saturated heterocycles. The van der Waals surface area contributed by atoms with Crippen LogP contribution in [0.3, 0.4) is 0 Å². The summed E-state index contributed by atoms with van der Waals surface area (Å²) in [5.41, 5.74) is 0.638. The quantitative estimate of drug-likeness (QED) is 0.775. The predicted octanol–water partition coefficient (Wildman–Crippen LogP) is 1.78. The molecular formula is C13H24N2O. The lowest BCUT2D eigenvalue weighted by Crippen LogP contribution is -2.43. The monoisotopic (exact) mass is 224 g/mol. The Kier molecular flexibility index (Phi) is 2.77. The number of amides is 1. The molecule has 0 aromatic heterocycles. The molecule has 1 amide bonds. The molecule has 1 aliphatic carbocycles. The van der Waals surface area contributed by atoms with Crippen LogP contribution in [-0.2, 0) is 4.79 Å². The molecule has 16 heavy (non-hydrogen) atoms. The molecule has 2 aliphatic rings. The molecule has 3 nitrogen and oxygen atoms in total. The summed E-state index contributed by atoms with van der Waals surface area (Å²) in [6.45, 7) is 10.9. The number of hydrogen-bond acceptors (Lipinski definition) is 2. The Balaban J connectivity index is 2.02. The Labute approximate surface area is 98.6 Å². The lowest BCUT2D eigenvalue weighted by Gasteiger charge is -2.31. The van der Waals surface area contributed by atoms with Crippen LogP contribution in [0.4, 0.5) is 0 Å². The van der Waals surface area contributed by atoms with Crippen molar-refractivity contribution in [3.8, 4) is 0 Å². The van der Waals surface area contributed by atoms with Gasteiger partial charge in [0.25, 0.3) is 0 Å². The standard InChI is InChI=1S/C13H24N2O/c1-5-11(16)14-10-8-15(12(2,3)4)9-13(10)6-7-13/h10H,5-9H2,1-4H3,(H,14,16). The van der Waals surface area contributed by atoms with Crippen molar-refractivity contribution in [2.45, 2.75) is 58.5 Å². The highest BCUT2D eigenvalue weighted by molar-refractivity contribution is 5.76. The maximum Gasteiger partial charge on any atom is 0.219 e. The molecule has 2 rings (SSSR count). The molecule has 1 heterocycles. The van der Waals surface area contributed by atoms with Crippen LogP contribution in [0.15, 0.2) is 0 Å². The first-order valence-corrected chi connectivity index (χ1v) is 6.42. The fraction of sp³-hybridized carbons (Fsp3) is 0.923. The molecule has 1 aliphatic heterocycles. The number of carbonyl (C=O) groups is 1. The molecule has 3 heteroatoms. The van der Waals surface area contributed by atoms with Crippen molar-refractivity contribution in [3.63, 3.8) is 0 Å². The van der Waals surface area contributed by atoms with Crippen LogP contribution in [0.5, 0.6) is 0 Å². The van der Waals surface area contributed by atoms with Crippen LogP contribution in [0.2, 0.25) is 0 Å². The first-order chi connectivity index (χ1) is 7.37. The van der Waals surface area contributed by atoms with Gasteiger partial charge in [0.15, 0.2) is 0 Å². The minimum Gasteiger partial charge on any atom is -0.351 e. The second-order valence-electron chi connectivity index (χ2n) is 6.39. The van der Waals surface area contributed by atoms with Gasteiger partial charge in [-0.1, -0.05) is 6.92 Å². The maximum absolute atomic E-state index is 11.5. The lowest BCUT2D eigenvalue weighted by atomic mass is 10.0. The fourth-order valence-corrected chi connectivity index (χ4v) is 2.64. The summed E-state index contributed by atoms with van der Waals surface area (Å²) in [6.07, 6.45) is 3.17. The van der Waals surface area contributed by atoms with Gasteiger partial charge in [-0.2, -0.15) is 0 Å². The summed E-state index contributed by atoms with van der Waals surface area (Å²) in [6, 6.07) is 0.388. The molecule has 1 spiro atoms. The third-order valence-corrected chi connectivity index (χ3v) is 4.15. The Morgan fingerprint density at radius 1 is 1.44 bits per heavy atom. The van der Waals surface area contributed by atoms with Crippen molar-refractivity contribution in [1.29, 1.82) is 0 Å². The topological polar surface area (TPSA) is 32.3 Å². The SMILES string of the molecule is CCC(=O)NC1CN(C(C)(C)C)CC12CC2. The lowest BCUT2D eigenvalue weighted by molar-refractivity contribution is -0.121. The minimum atomic E-state index is 0.201. The molecule has 0 aromatic rings. The molecule has 1 atom stereocenters. The van der Waals surface area contributed by atoms with Gasteiger partial charge in [0, 0.05) is 36.5 Å². The van der Waals surface area contributed by atoms with Crippen LogP contribution in [-0.4, -0.2) is 35.5 Å². The van der Waals surface area contributed by atoms with Gasteiger partial charge in [0.2, 0.25) is 5.91 Å². The smallest absolute Gasteiger partial charge is 0.219 e. The number of carbonyl (C=O) groups excluding carboxylic acids is 1. The van der Waals surface area contributed by atoms with Gasteiger partial charge in [0.1, 0.15) is 0 Å². The van der Waals surface area contributed by atoms with Gasteiger partial charge in [-0.3, -0.25) is 9.69 Å². The van der Waals surface area contributed by atoms with E-state index in [2.05, 4.69) is 31.0 Å². The Morgan fingerprint density at radius 2 is 2.06 bits per heavy atom. The average molecular weight is 224 g/mol. The van der Waals surface area contributed by atoms with Crippen molar-refractivity contribution in [2.75, 3.05) is 13.1 Å². The van der Waals surface area contributed by atoms with Crippen molar-refractivity contribution >= 4 is 5.91 Å². The minimum absolute atomic E-state index is 0.201. The first kappa shape index (κ1) is 11.9. The highest BCUT2D eigenvalue weighted by Gasteiger charge is 2.56. The van der Waals surface area contributed by atoms with E-state index in [1.54, 1.807) is 0 Å². The molecular weight excluding hydrogens is 200 g/mol. The van der Waals surface area contributed by atoms with E-state index in [4.69, 9.17) is 0 Å². The van der Waals surface area contributed by atoms with E-state index in [0.29, 0.717) is 17.9 Å². The molecule has 1 saturated carbocycles. The normalized spacial score (nSPS) is 28.4. The molecule has 0 aromatic carbocycles. The van der Waals surface area contributed by atoms with E-state index in [1.165, 1.54) is 12.8 Å². The van der Waals surface area contributed by atoms with E-state index >= 15 is 0 Å². The Morgan fingerprint density at radius 3 is 2.50 bits per heavy atom. The van der Waals surface area contributed by atoms with Gasteiger partial charge >= 0.3 is 0 Å². The predicted molar refractivity (Wildman–Crippen MR) is 65.2 cm³/mol. The molecule has 1 N–H and O–H groups in total. The van der Waals surface area contributed by atoms with Crippen molar-refractivity contribution in [2.24, 2.45) is 5.41 Å². The summed E-state index contributed by atoms with van der Waals surface area (Å²) < 4.78 is 0. The zero-order valence-corrected chi connectivity index (χ0v) is 11.0. The number of nitrogens with zero attached hydrogens (tertiary/aromatic N) is 1. The zero-order valence-electron chi connectivity index (χ0n) is 11.0. The largest absolute Gasteiger partial charge is 0.351 e. The number of hydrogen-bond donors (Lipinski definition) is 1. The van der Waals surface area contributed by atoms with E-state index in [1.807, 2.05) is 6.92 Å². The molecule has 0 bridgehead atoms. The van der Waals surface area contributed by atoms with Crippen molar-refractivity contribution < 1.29 is 4.79 Å². The average Bonchev–Trinajstić information content (AvgIpc) is 2.84. The third-order valence-electron chi connectivity index (χ3n) is 4.15. The summed E-state index contributed by atoms with van der Waals surface area (Å²) >= 11 is 0.